The first-order chi connectivity index (χ1) is 9.83. The van der Waals surface area contributed by atoms with E-state index in [1.165, 1.54) is 0 Å². The number of carbonyl (C=O) groups is 1. The van der Waals surface area contributed by atoms with E-state index in [2.05, 4.69) is 25.8 Å². The van der Waals surface area contributed by atoms with E-state index < -0.39 is 9.75 Å². The number of hydrogen-bond donors (Lipinski definition) is 0. The van der Waals surface area contributed by atoms with Crippen molar-refractivity contribution in [3.8, 4) is 0 Å². The highest BCUT2D eigenvalue weighted by molar-refractivity contribution is 9.10. The average Bonchev–Trinajstić information content (AvgIpc) is 2.99. The number of amides is 1. The highest BCUT2D eigenvalue weighted by Gasteiger charge is 2.68. The van der Waals surface area contributed by atoms with E-state index in [0.717, 1.165) is 23.4 Å². The minimum atomic E-state index is -0.894. The second-order valence-corrected chi connectivity index (χ2v) is 8.23. The zero-order chi connectivity index (χ0) is 15.3. The van der Waals surface area contributed by atoms with Gasteiger partial charge in [-0.25, -0.2) is 4.98 Å². The smallest absolute Gasteiger partial charge is 0.231 e. The van der Waals surface area contributed by atoms with Gasteiger partial charge in [0.1, 0.15) is 10.2 Å². The Hall–Kier alpha value is -0.520. The molecule has 1 aliphatic carbocycles. The molecule has 0 radical (unpaired) electrons. The molecule has 0 N–H and O–H groups in total. The Labute approximate surface area is 142 Å². The van der Waals surface area contributed by atoms with E-state index in [9.17, 15) is 4.79 Å². The Bertz CT molecular complexity index is 558. The molecule has 0 unspecified atom stereocenters. The standard InChI is InChI=1S/C14H16BrCl2N3O/c1-13(9-14(13,16)17)12(21)20-6-4-19(5-7-20)11-3-2-10(15)8-18-11/h2-3,8H,4-7,9H2,1H3/t13-/m1/s1. The van der Waals surface area contributed by atoms with Crippen molar-refractivity contribution in [2.24, 2.45) is 5.41 Å². The van der Waals surface area contributed by atoms with Gasteiger partial charge < -0.3 is 9.80 Å². The molecule has 1 aromatic rings. The van der Waals surface area contributed by atoms with E-state index in [1.54, 1.807) is 6.20 Å². The molecule has 3 rings (SSSR count). The number of hydrogen-bond acceptors (Lipinski definition) is 3. The molecule has 1 atom stereocenters. The van der Waals surface area contributed by atoms with Crippen LogP contribution < -0.4 is 4.90 Å². The SMILES string of the molecule is C[C@]1(C(=O)N2CCN(c3ccc(Br)cn3)CC2)CC1(Cl)Cl. The van der Waals surface area contributed by atoms with Gasteiger partial charge in [-0.1, -0.05) is 0 Å². The lowest BCUT2D eigenvalue weighted by atomic mass is 10.1. The number of anilines is 1. The number of nitrogens with zero attached hydrogens (tertiary/aromatic N) is 3. The lowest BCUT2D eigenvalue weighted by Gasteiger charge is -2.37. The largest absolute Gasteiger partial charge is 0.353 e. The molecule has 4 nitrogen and oxygen atoms in total. The van der Waals surface area contributed by atoms with Crippen molar-refractivity contribution in [3.05, 3.63) is 22.8 Å². The summed E-state index contributed by atoms with van der Waals surface area (Å²) in [5.74, 6) is 1.00. The molecule has 0 bridgehead atoms. The van der Waals surface area contributed by atoms with Crippen LogP contribution in [0.2, 0.25) is 0 Å². The molecule has 21 heavy (non-hydrogen) atoms. The summed E-state index contributed by atoms with van der Waals surface area (Å²) >= 11 is 15.6. The minimum Gasteiger partial charge on any atom is -0.353 e. The summed E-state index contributed by atoms with van der Waals surface area (Å²) in [6.07, 6.45) is 2.32. The fraction of sp³-hybridized carbons (Fsp3) is 0.571. The van der Waals surface area contributed by atoms with Crippen LogP contribution in [0.1, 0.15) is 13.3 Å². The zero-order valence-corrected chi connectivity index (χ0v) is 14.7. The molecule has 114 valence electrons. The molecular weight excluding hydrogens is 377 g/mol. The lowest BCUT2D eigenvalue weighted by Crippen LogP contribution is -2.51. The summed E-state index contributed by atoms with van der Waals surface area (Å²) in [4.78, 5) is 20.9. The molecule has 2 heterocycles. The normalized spacial score (nSPS) is 27.6. The molecule has 1 aromatic heterocycles. The summed E-state index contributed by atoms with van der Waals surface area (Å²) in [7, 11) is 0. The third-order valence-corrected chi connectivity index (χ3v) is 5.90. The maximum atomic E-state index is 12.5. The number of pyridine rings is 1. The van der Waals surface area contributed by atoms with Crippen LogP contribution in [0.15, 0.2) is 22.8 Å². The number of piperazine rings is 1. The van der Waals surface area contributed by atoms with Crippen molar-refractivity contribution in [3.63, 3.8) is 0 Å². The van der Waals surface area contributed by atoms with Crippen molar-refractivity contribution in [1.82, 2.24) is 9.88 Å². The van der Waals surface area contributed by atoms with Gasteiger partial charge in [-0.3, -0.25) is 4.79 Å². The van der Waals surface area contributed by atoms with Crippen LogP contribution in [-0.2, 0) is 4.79 Å². The fourth-order valence-electron chi connectivity index (χ4n) is 2.67. The fourth-order valence-corrected chi connectivity index (χ4v) is 3.61. The van der Waals surface area contributed by atoms with E-state index in [1.807, 2.05) is 24.0 Å². The van der Waals surface area contributed by atoms with E-state index in [0.29, 0.717) is 19.5 Å². The van der Waals surface area contributed by atoms with Gasteiger partial charge in [-0.2, -0.15) is 0 Å². The van der Waals surface area contributed by atoms with Crippen LogP contribution in [0.3, 0.4) is 0 Å². The van der Waals surface area contributed by atoms with Crippen LogP contribution in [0, 0.1) is 5.41 Å². The number of aromatic nitrogens is 1. The highest BCUT2D eigenvalue weighted by Crippen LogP contribution is 2.64. The van der Waals surface area contributed by atoms with Crippen molar-refractivity contribution >= 4 is 50.9 Å². The Morgan fingerprint density at radius 2 is 1.90 bits per heavy atom. The summed E-state index contributed by atoms with van der Waals surface area (Å²) in [5.41, 5.74) is -0.617. The molecule has 1 aliphatic heterocycles. The van der Waals surface area contributed by atoms with Gasteiger partial charge in [0.05, 0.1) is 5.41 Å². The maximum absolute atomic E-state index is 12.5. The first-order valence-corrected chi connectivity index (χ1v) is 8.42. The highest BCUT2D eigenvalue weighted by atomic mass is 79.9. The average molecular weight is 393 g/mol. The predicted octanol–water partition coefficient (Wildman–Crippen LogP) is 3.08. The number of carbonyl (C=O) groups excluding carboxylic acids is 1. The molecule has 0 aromatic carbocycles. The molecular formula is C14H16BrCl2N3O. The monoisotopic (exact) mass is 391 g/mol. The topological polar surface area (TPSA) is 36.4 Å². The zero-order valence-electron chi connectivity index (χ0n) is 11.7. The van der Waals surface area contributed by atoms with Crippen LogP contribution >= 0.6 is 39.1 Å². The second kappa shape index (κ2) is 5.28. The van der Waals surface area contributed by atoms with Crippen molar-refractivity contribution < 1.29 is 4.79 Å². The van der Waals surface area contributed by atoms with Gasteiger partial charge in [0.2, 0.25) is 5.91 Å². The molecule has 2 aliphatic rings. The molecule has 1 saturated heterocycles. The first kappa shape index (κ1) is 15.4. The Kier molecular flexibility index (Phi) is 3.87. The summed E-state index contributed by atoms with van der Waals surface area (Å²) in [6, 6.07) is 3.95. The van der Waals surface area contributed by atoms with E-state index in [-0.39, 0.29) is 5.91 Å². The lowest BCUT2D eigenvalue weighted by molar-refractivity contribution is -0.136. The predicted molar refractivity (Wildman–Crippen MR) is 87.9 cm³/mol. The number of alkyl halides is 2. The first-order valence-electron chi connectivity index (χ1n) is 6.87. The van der Waals surface area contributed by atoms with Crippen LogP contribution in [0.4, 0.5) is 5.82 Å². The summed E-state index contributed by atoms with van der Waals surface area (Å²) < 4.78 is 0.0661. The van der Waals surface area contributed by atoms with Crippen molar-refractivity contribution in [1.29, 1.82) is 0 Å². The van der Waals surface area contributed by atoms with Gasteiger partial charge in [-0.15, -0.1) is 23.2 Å². The summed E-state index contributed by atoms with van der Waals surface area (Å²) in [5, 5.41) is 0. The minimum absolute atomic E-state index is 0.0657. The van der Waals surface area contributed by atoms with Gasteiger partial charge in [0.15, 0.2) is 0 Å². The maximum Gasteiger partial charge on any atom is 0.231 e. The quantitative estimate of drug-likeness (QED) is 0.725. The molecule has 7 heteroatoms. The van der Waals surface area contributed by atoms with Crippen molar-refractivity contribution in [2.45, 2.75) is 17.7 Å². The van der Waals surface area contributed by atoms with E-state index >= 15 is 0 Å². The van der Waals surface area contributed by atoms with Gasteiger partial charge in [-0.05, 0) is 41.4 Å². The molecule has 0 spiro atoms. The van der Waals surface area contributed by atoms with E-state index in [4.69, 9.17) is 23.2 Å². The Morgan fingerprint density at radius 1 is 1.29 bits per heavy atom. The van der Waals surface area contributed by atoms with Gasteiger partial charge in [0.25, 0.3) is 0 Å². The Morgan fingerprint density at radius 3 is 2.38 bits per heavy atom. The second-order valence-electron chi connectivity index (χ2n) is 5.83. The Balaban J connectivity index is 1.61. The number of halogens is 3. The summed E-state index contributed by atoms with van der Waals surface area (Å²) in [6.45, 7) is 4.74. The number of rotatable bonds is 2. The third kappa shape index (κ3) is 2.76. The van der Waals surface area contributed by atoms with Crippen molar-refractivity contribution in [2.75, 3.05) is 31.1 Å². The third-order valence-electron chi connectivity index (χ3n) is 4.33. The van der Waals surface area contributed by atoms with Gasteiger partial charge >= 0.3 is 0 Å². The molecule has 2 fully saturated rings. The van der Waals surface area contributed by atoms with Crippen LogP contribution in [-0.4, -0.2) is 46.3 Å². The van der Waals surface area contributed by atoms with Crippen LogP contribution in [0.5, 0.6) is 0 Å². The molecule has 1 amide bonds. The van der Waals surface area contributed by atoms with Crippen LogP contribution in [0.25, 0.3) is 0 Å². The van der Waals surface area contributed by atoms with Gasteiger partial charge in [0, 0.05) is 36.8 Å². The molecule has 1 saturated carbocycles.